The number of hydrogen-bond donors (Lipinski definition) is 2. The molecule has 0 atom stereocenters. The molecule has 0 fully saturated rings. The van der Waals surface area contributed by atoms with Gasteiger partial charge in [0.1, 0.15) is 17.9 Å². The van der Waals surface area contributed by atoms with Crippen molar-refractivity contribution >= 4 is 17.4 Å². The molecule has 0 saturated heterocycles. The Morgan fingerprint density at radius 3 is 3.00 bits per heavy atom. The largest absolute Gasteiger partial charge is 0.493 e. The van der Waals surface area contributed by atoms with Gasteiger partial charge in [-0.3, -0.25) is 9.20 Å². The maximum atomic E-state index is 14.5. The van der Waals surface area contributed by atoms with E-state index in [1.54, 1.807) is 23.0 Å². The van der Waals surface area contributed by atoms with Crippen molar-refractivity contribution in [3.8, 4) is 16.9 Å². The van der Waals surface area contributed by atoms with E-state index in [-0.39, 0.29) is 18.3 Å². The van der Waals surface area contributed by atoms with Gasteiger partial charge in [0.25, 0.3) is 5.91 Å². The first kappa shape index (κ1) is 17.9. The van der Waals surface area contributed by atoms with Crippen LogP contribution in [-0.4, -0.2) is 26.9 Å². The number of rotatable bonds is 3. The van der Waals surface area contributed by atoms with Crippen LogP contribution in [0.25, 0.3) is 16.6 Å². The van der Waals surface area contributed by atoms with E-state index in [1.165, 1.54) is 6.07 Å². The van der Waals surface area contributed by atoms with E-state index in [2.05, 4.69) is 20.6 Å². The molecule has 2 aromatic carbocycles. The summed E-state index contributed by atoms with van der Waals surface area (Å²) in [6, 6.07) is 11.0. The summed E-state index contributed by atoms with van der Waals surface area (Å²) >= 11 is 0. The lowest BCUT2D eigenvalue weighted by Crippen LogP contribution is -2.25. The van der Waals surface area contributed by atoms with Crippen LogP contribution in [0.3, 0.4) is 0 Å². The smallest absolute Gasteiger partial charge is 0.272 e. The topological polar surface area (TPSA) is 80.5 Å². The average molecular weight is 415 g/mol. The molecular formula is C23H18FN5O2. The van der Waals surface area contributed by atoms with Gasteiger partial charge < -0.3 is 15.4 Å². The Hall–Kier alpha value is -3.94. The molecule has 0 bridgehead atoms. The highest BCUT2D eigenvalue weighted by Crippen LogP contribution is 2.33. The van der Waals surface area contributed by atoms with Crippen molar-refractivity contribution in [2.24, 2.45) is 0 Å². The Kier molecular flexibility index (Phi) is 3.92. The van der Waals surface area contributed by atoms with Gasteiger partial charge in [0, 0.05) is 42.4 Å². The Morgan fingerprint density at radius 2 is 2.06 bits per heavy atom. The standard InChI is InChI=1S/C23H18FN5O2/c24-18-5-6-19-15(7-8-31-19)16(18)10-26-23-27-11-17-14-4-2-1-3-13(14)9-25-22(30)20-21(17)29(23)12-28-20/h1-6,11-12H,7-10H2,(H,25,30)(H,26,27). The number of halogens is 1. The fraction of sp³-hybridized carbons (Fsp3) is 0.174. The van der Waals surface area contributed by atoms with E-state index in [0.717, 1.165) is 28.0 Å². The minimum atomic E-state index is -0.279. The van der Waals surface area contributed by atoms with Crippen molar-refractivity contribution in [3.05, 3.63) is 77.1 Å². The number of anilines is 1. The van der Waals surface area contributed by atoms with Gasteiger partial charge >= 0.3 is 0 Å². The molecular weight excluding hydrogens is 397 g/mol. The molecule has 1 amide bonds. The first-order chi connectivity index (χ1) is 15.2. The van der Waals surface area contributed by atoms with Crippen LogP contribution in [0.15, 0.2) is 48.9 Å². The number of nitrogens with one attached hydrogen (secondary N) is 2. The van der Waals surface area contributed by atoms with Gasteiger partial charge in [0.2, 0.25) is 5.95 Å². The van der Waals surface area contributed by atoms with Gasteiger partial charge in [-0.2, -0.15) is 0 Å². The number of carbonyl (C=O) groups is 1. The van der Waals surface area contributed by atoms with E-state index < -0.39 is 0 Å². The lowest BCUT2D eigenvalue weighted by atomic mass is 9.98. The summed E-state index contributed by atoms with van der Waals surface area (Å²) in [7, 11) is 0. The van der Waals surface area contributed by atoms with Crippen molar-refractivity contribution < 1.29 is 13.9 Å². The minimum absolute atomic E-state index is 0.237. The highest BCUT2D eigenvalue weighted by atomic mass is 19.1. The van der Waals surface area contributed by atoms with Crippen LogP contribution >= 0.6 is 0 Å². The van der Waals surface area contributed by atoms with Crippen LogP contribution in [0.2, 0.25) is 0 Å². The first-order valence-corrected chi connectivity index (χ1v) is 10.1. The molecule has 2 aromatic heterocycles. The third kappa shape index (κ3) is 2.75. The second kappa shape index (κ2) is 6.80. The molecule has 2 aliphatic rings. The van der Waals surface area contributed by atoms with E-state index >= 15 is 0 Å². The number of hydrogen-bond acceptors (Lipinski definition) is 5. The molecule has 2 N–H and O–H groups in total. The molecule has 6 rings (SSSR count). The SMILES string of the molecule is O=C1NCc2ccccc2-c2cnc(NCc3c(F)ccc4c3CCO4)n3cnc1c23. The normalized spacial score (nSPS) is 14.3. The van der Waals surface area contributed by atoms with Crippen LogP contribution in [0.1, 0.15) is 27.2 Å². The predicted octanol–water partition coefficient (Wildman–Crippen LogP) is 3.33. The zero-order valence-corrected chi connectivity index (χ0v) is 16.5. The van der Waals surface area contributed by atoms with E-state index in [0.29, 0.717) is 42.3 Å². The molecule has 2 aliphatic heterocycles. The van der Waals surface area contributed by atoms with Crippen molar-refractivity contribution in [1.82, 2.24) is 19.7 Å². The fourth-order valence-electron chi connectivity index (χ4n) is 4.38. The van der Waals surface area contributed by atoms with E-state index in [4.69, 9.17) is 4.74 Å². The first-order valence-electron chi connectivity index (χ1n) is 10.1. The van der Waals surface area contributed by atoms with Crippen molar-refractivity contribution in [2.75, 3.05) is 11.9 Å². The summed E-state index contributed by atoms with van der Waals surface area (Å²) < 4.78 is 21.8. The van der Waals surface area contributed by atoms with Crippen LogP contribution in [0.4, 0.5) is 10.3 Å². The summed E-state index contributed by atoms with van der Waals surface area (Å²) in [5.41, 5.74) is 5.31. The molecule has 154 valence electrons. The maximum Gasteiger partial charge on any atom is 0.272 e. The quantitative estimate of drug-likeness (QED) is 0.537. The molecule has 8 heteroatoms. The number of ether oxygens (including phenoxy) is 1. The number of aromatic nitrogens is 3. The van der Waals surface area contributed by atoms with Crippen molar-refractivity contribution in [2.45, 2.75) is 19.5 Å². The Labute approximate surface area is 176 Å². The van der Waals surface area contributed by atoms with Gasteiger partial charge in [-0.05, 0) is 23.3 Å². The number of amides is 1. The van der Waals surface area contributed by atoms with Gasteiger partial charge in [0.15, 0.2) is 5.69 Å². The molecule has 31 heavy (non-hydrogen) atoms. The summed E-state index contributed by atoms with van der Waals surface area (Å²) in [6.07, 6.45) is 4.00. The predicted molar refractivity (Wildman–Crippen MR) is 113 cm³/mol. The summed E-state index contributed by atoms with van der Waals surface area (Å²) in [5.74, 6) is 0.699. The summed E-state index contributed by atoms with van der Waals surface area (Å²) in [5, 5.41) is 6.14. The molecule has 4 aromatic rings. The van der Waals surface area contributed by atoms with Gasteiger partial charge in [-0.25, -0.2) is 14.4 Å². The second-order valence-corrected chi connectivity index (χ2v) is 7.60. The minimum Gasteiger partial charge on any atom is -0.493 e. The van der Waals surface area contributed by atoms with Crippen LogP contribution < -0.4 is 15.4 Å². The highest BCUT2D eigenvalue weighted by Gasteiger charge is 2.24. The van der Waals surface area contributed by atoms with Crippen LogP contribution in [0.5, 0.6) is 5.75 Å². The van der Waals surface area contributed by atoms with Crippen molar-refractivity contribution in [1.29, 1.82) is 0 Å². The van der Waals surface area contributed by atoms with E-state index in [9.17, 15) is 9.18 Å². The Bertz CT molecular complexity index is 1360. The molecule has 0 spiro atoms. The molecule has 4 heterocycles. The zero-order chi connectivity index (χ0) is 20.9. The number of benzene rings is 2. The molecule has 0 radical (unpaired) electrons. The van der Waals surface area contributed by atoms with Gasteiger partial charge in [0.05, 0.1) is 12.1 Å². The summed E-state index contributed by atoms with van der Waals surface area (Å²) in [6.45, 7) is 1.23. The van der Waals surface area contributed by atoms with E-state index in [1.807, 2.05) is 24.3 Å². The molecule has 0 aliphatic carbocycles. The number of imidazole rings is 1. The van der Waals surface area contributed by atoms with Crippen LogP contribution in [0, 0.1) is 5.82 Å². The number of carbonyl (C=O) groups excluding carboxylic acids is 1. The molecule has 0 saturated carbocycles. The molecule has 7 nitrogen and oxygen atoms in total. The second-order valence-electron chi connectivity index (χ2n) is 7.60. The average Bonchev–Trinajstić information content (AvgIpc) is 3.44. The summed E-state index contributed by atoms with van der Waals surface area (Å²) in [4.78, 5) is 21.6. The Balaban J connectivity index is 1.45. The Morgan fingerprint density at radius 1 is 1.16 bits per heavy atom. The van der Waals surface area contributed by atoms with Gasteiger partial charge in [-0.15, -0.1) is 0 Å². The zero-order valence-electron chi connectivity index (χ0n) is 16.5. The number of fused-ring (bicyclic) bond motifs is 3. The van der Waals surface area contributed by atoms with Crippen molar-refractivity contribution in [3.63, 3.8) is 0 Å². The highest BCUT2D eigenvalue weighted by molar-refractivity contribution is 6.04. The van der Waals surface area contributed by atoms with Gasteiger partial charge in [-0.1, -0.05) is 24.3 Å². The lowest BCUT2D eigenvalue weighted by Gasteiger charge is -2.17. The van der Waals surface area contributed by atoms with Crippen LogP contribution in [-0.2, 0) is 19.5 Å². The number of nitrogens with zero attached hydrogens (tertiary/aromatic N) is 3. The maximum absolute atomic E-state index is 14.5. The third-order valence-corrected chi connectivity index (χ3v) is 5.89. The third-order valence-electron chi connectivity index (χ3n) is 5.89. The fourth-order valence-corrected chi connectivity index (χ4v) is 4.38. The molecule has 0 unspecified atom stereocenters. The lowest BCUT2D eigenvalue weighted by molar-refractivity contribution is 0.0948. The monoisotopic (exact) mass is 415 g/mol.